The Morgan fingerprint density at radius 3 is 2.35 bits per heavy atom. The van der Waals surface area contributed by atoms with Crippen LogP contribution in [-0.4, -0.2) is 14.6 Å². The van der Waals surface area contributed by atoms with E-state index in [9.17, 15) is 0 Å². The zero-order valence-corrected chi connectivity index (χ0v) is 13.0. The average Bonchev–Trinajstić information content (AvgIpc) is 3.00. The first-order chi connectivity index (χ1) is 11.3. The van der Waals surface area contributed by atoms with Crippen molar-refractivity contribution in [2.45, 2.75) is 13.3 Å². The number of hydrogen-bond acceptors (Lipinski definition) is 2. The smallest absolute Gasteiger partial charge is 0.160 e. The molecule has 4 rings (SSSR count). The van der Waals surface area contributed by atoms with Gasteiger partial charge in [-0.1, -0.05) is 60.2 Å². The van der Waals surface area contributed by atoms with Gasteiger partial charge in [-0.2, -0.15) is 0 Å². The number of benzene rings is 2. The molecule has 0 unspecified atom stereocenters. The maximum atomic E-state index is 4.36. The van der Waals surface area contributed by atoms with Crippen LogP contribution in [0.4, 0.5) is 0 Å². The second kappa shape index (κ2) is 5.69. The minimum Gasteiger partial charge on any atom is -0.286 e. The van der Waals surface area contributed by atoms with Gasteiger partial charge >= 0.3 is 0 Å². The third-order valence-electron chi connectivity index (χ3n) is 4.06. The summed E-state index contributed by atoms with van der Waals surface area (Å²) in [5.41, 5.74) is 5.76. The Labute approximate surface area is 135 Å². The van der Waals surface area contributed by atoms with Gasteiger partial charge in [0.05, 0.1) is 0 Å². The van der Waals surface area contributed by atoms with Crippen LogP contribution in [0.5, 0.6) is 0 Å². The predicted octanol–water partition coefficient (Wildman–Crippen LogP) is 4.30. The molecule has 2 aromatic carbocycles. The Hall–Kier alpha value is -2.94. The first-order valence-electron chi connectivity index (χ1n) is 7.74. The first-order valence-corrected chi connectivity index (χ1v) is 7.74. The van der Waals surface area contributed by atoms with Crippen LogP contribution in [0.3, 0.4) is 0 Å². The van der Waals surface area contributed by atoms with Crippen LogP contribution in [0.15, 0.2) is 72.9 Å². The lowest BCUT2D eigenvalue weighted by Gasteiger charge is -2.05. The summed E-state index contributed by atoms with van der Waals surface area (Å²) in [5.74, 6) is 0.960. The lowest BCUT2D eigenvalue weighted by atomic mass is 10.1. The molecule has 0 N–H and O–H groups in total. The van der Waals surface area contributed by atoms with Gasteiger partial charge in [0.25, 0.3) is 0 Å². The summed E-state index contributed by atoms with van der Waals surface area (Å²) in [5, 5.41) is 8.64. The highest BCUT2D eigenvalue weighted by molar-refractivity contribution is 5.64. The molecule has 0 aliphatic rings. The molecule has 112 valence electrons. The predicted molar refractivity (Wildman–Crippen MR) is 92.4 cm³/mol. The minimum atomic E-state index is 0.777. The summed E-state index contributed by atoms with van der Waals surface area (Å²) < 4.78 is 2.09. The molecular formula is C20H17N3. The Bertz CT molecular complexity index is 938. The van der Waals surface area contributed by atoms with E-state index in [0.29, 0.717) is 0 Å². The summed E-state index contributed by atoms with van der Waals surface area (Å²) in [6, 6.07) is 23.1. The van der Waals surface area contributed by atoms with Crippen LogP contribution in [0.25, 0.3) is 16.8 Å². The number of fused-ring (bicyclic) bond motifs is 1. The molecule has 2 heterocycles. The number of aromatic nitrogens is 3. The fourth-order valence-corrected chi connectivity index (χ4v) is 2.75. The van der Waals surface area contributed by atoms with Crippen LogP contribution in [0.2, 0.25) is 0 Å². The highest BCUT2D eigenvalue weighted by Crippen LogP contribution is 2.20. The number of rotatable bonds is 3. The normalized spacial score (nSPS) is 11.0. The summed E-state index contributed by atoms with van der Waals surface area (Å²) in [4.78, 5) is 0. The third kappa shape index (κ3) is 2.73. The van der Waals surface area contributed by atoms with Gasteiger partial charge < -0.3 is 0 Å². The quantitative estimate of drug-likeness (QED) is 0.565. The van der Waals surface area contributed by atoms with Gasteiger partial charge in [-0.3, -0.25) is 4.40 Å². The van der Waals surface area contributed by atoms with Gasteiger partial charge in [0.1, 0.15) is 5.82 Å². The monoisotopic (exact) mass is 299 g/mol. The van der Waals surface area contributed by atoms with Crippen LogP contribution in [-0.2, 0) is 6.42 Å². The maximum absolute atomic E-state index is 4.36. The molecule has 3 nitrogen and oxygen atoms in total. The van der Waals surface area contributed by atoms with E-state index in [0.717, 1.165) is 17.9 Å². The molecule has 0 aliphatic heterocycles. The molecule has 0 atom stereocenters. The number of pyridine rings is 1. The molecule has 0 spiro atoms. The molecule has 0 bridgehead atoms. The van der Waals surface area contributed by atoms with Crippen molar-refractivity contribution in [1.82, 2.24) is 14.6 Å². The van der Waals surface area contributed by atoms with Crippen molar-refractivity contribution >= 4 is 5.65 Å². The Morgan fingerprint density at radius 2 is 1.57 bits per heavy atom. The number of aryl methyl sites for hydroxylation is 1. The fourth-order valence-electron chi connectivity index (χ4n) is 2.75. The molecular weight excluding hydrogens is 282 g/mol. The van der Waals surface area contributed by atoms with E-state index < -0.39 is 0 Å². The third-order valence-corrected chi connectivity index (χ3v) is 4.06. The highest BCUT2D eigenvalue weighted by Gasteiger charge is 2.08. The molecule has 4 aromatic rings. The Kier molecular flexibility index (Phi) is 3.39. The van der Waals surface area contributed by atoms with E-state index in [1.807, 2.05) is 12.1 Å². The first kappa shape index (κ1) is 13.7. The lowest BCUT2D eigenvalue weighted by molar-refractivity contribution is 0.934. The molecule has 2 aromatic heterocycles. The second-order valence-corrected chi connectivity index (χ2v) is 5.79. The molecule has 0 saturated carbocycles. The number of hydrogen-bond donors (Lipinski definition) is 0. The topological polar surface area (TPSA) is 30.2 Å². The van der Waals surface area contributed by atoms with Crippen molar-refractivity contribution in [3.8, 4) is 11.1 Å². The SMILES string of the molecule is Cc1ccc(Cc2nnc3ccc(-c4ccccc4)cn23)cc1. The van der Waals surface area contributed by atoms with Crippen LogP contribution in [0.1, 0.15) is 17.0 Å². The number of nitrogens with zero attached hydrogens (tertiary/aromatic N) is 3. The van der Waals surface area contributed by atoms with E-state index in [1.165, 1.54) is 22.3 Å². The van der Waals surface area contributed by atoms with Crippen molar-refractivity contribution in [1.29, 1.82) is 0 Å². The standard InChI is InChI=1S/C20H17N3/c1-15-7-9-16(10-8-15)13-20-22-21-19-12-11-18(14-23(19)20)17-5-3-2-4-6-17/h2-12,14H,13H2,1H3. The molecule has 0 amide bonds. The molecule has 0 aliphatic carbocycles. The highest BCUT2D eigenvalue weighted by atomic mass is 15.2. The van der Waals surface area contributed by atoms with E-state index in [1.54, 1.807) is 0 Å². The van der Waals surface area contributed by atoms with E-state index in [4.69, 9.17) is 0 Å². The zero-order chi connectivity index (χ0) is 15.6. The molecule has 23 heavy (non-hydrogen) atoms. The average molecular weight is 299 g/mol. The van der Waals surface area contributed by atoms with Gasteiger partial charge in [0.15, 0.2) is 5.65 Å². The summed E-state index contributed by atoms with van der Waals surface area (Å²) in [6.07, 6.45) is 2.90. The van der Waals surface area contributed by atoms with Crippen molar-refractivity contribution < 1.29 is 0 Å². The van der Waals surface area contributed by atoms with Crippen molar-refractivity contribution in [2.75, 3.05) is 0 Å². The molecule has 0 saturated heterocycles. The Morgan fingerprint density at radius 1 is 0.783 bits per heavy atom. The van der Waals surface area contributed by atoms with Gasteiger partial charge in [-0.05, 0) is 35.7 Å². The summed E-state index contributed by atoms with van der Waals surface area (Å²) in [7, 11) is 0. The van der Waals surface area contributed by atoms with E-state index >= 15 is 0 Å². The zero-order valence-electron chi connectivity index (χ0n) is 13.0. The van der Waals surface area contributed by atoms with Crippen molar-refractivity contribution in [3.63, 3.8) is 0 Å². The summed E-state index contributed by atoms with van der Waals surface area (Å²) in [6.45, 7) is 2.10. The maximum Gasteiger partial charge on any atom is 0.160 e. The van der Waals surface area contributed by atoms with Crippen molar-refractivity contribution in [3.05, 3.63) is 89.9 Å². The van der Waals surface area contributed by atoms with Gasteiger partial charge in [-0.15, -0.1) is 10.2 Å². The molecule has 0 fully saturated rings. The summed E-state index contributed by atoms with van der Waals surface area (Å²) >= 11 is 0. The van der Waals surface area contributed by atoms with Gasteiger partial charge in [0.2, 0.25) is 0 Å². The molecule has 0 radical (unpaired) electrons. The lowest BCUT2D eigenvalue weighted by Crippen LogP contribution is -1.97. The van der Waals surface area contributed by atoms with Gasteiger partial charge in [0, 0.05) is 12.6 Å². The van der Waals surface area contributed by atoms with Crippen LogP contribution < -0.4 is 0 Å². The van der Waals surface area contributed by atoms with Crippen molar-refractivity contribution in [2.24, 2.45) is 0 Å². The van der Waals surface area contributed by atoms with E-state index in [2.05, 4.69) is 82.3 Å². The largest absolute Gasteiger partial charge is 0.286 e. The van der Waals surface area contributed by atoms with Crippen LogP contribution in [0, 0.1) is 6.92 Å². The van der Waals surface area contributed by atoms with Gasteiger partial charge in [-0.25, -0.2) is 0 Å². The second-order valence-electron chi connectivity index (χ2n) is 5.79. The minimum absolute atomic E-state index is 0.777. The van der Waals surface area contributed by atoms with Crippen LogP contribution >= 0.6 is 0 Å². The molecule has 3 heteroatoms. The Balaban J connectivity index is 1.74. The van der Waals surface area contributed by atoms with E-state index in [-0.39, 0.29) is 0 Å². The fraction of sp³-hybridized carbons (Fsp3) is 0.100.